The Hall–Kier alpha value is -1.47. The van der Waals surface area contributed by atoms with Crippen LogP contribution in [0.4, 0.5) is 16.2 Å². The highest BCUT2D eigenvalue weighted by molar-refractivity contribution is 5.45. The van der Waals surface area contributed by atoms with Crippen LogP contribution in [0.5, 0.6) is 0 Å². The fraction of sp³-hybridized carbons (Fsp3) is 0.667. The topological polar surface area (TPSA) is 87.3 Å². The molecule has 7 heteroatoms. The van der Waals surface area contributed by atoms with E-state index in [0.29, 0.717) is 6.42 Å². The van der Waals surface area contributed by atoms with Crippen molar-refractivity contribution in [3.05, 3.63) is 12.0 Å². The Balaban J connectivity index is 2.26. The summed E-state index contributed by atoms with van der Waals surface area (Å²) in [5, 5.41) is 9.55. The van der Waals surface area contributed by atoms with E-state index in [-0.39, 0.29) is 17.8 Å². The molecule has 1 saturated heterocycles. The highest BCUT2D eigenvalue weighted by Crippen LogP contribution is 2.28. The zero-order valence-electron chi connectivity index (χ0n) is 11.0. The van der Waals surface area contributed by atoms with E-state index in [1.54, 1.807) is 6.92 Å². The van der Waals surface area contributed by atoms with Crippen molar-refractivity contribution >= 4 is 11.8 Å². The molecule has 19 heavy (non-hydrogen) atoms. The van der Waals surface area contributed by atoms with Gasteiger partial charge < -0.3 is 10.0 Å². The van der Waals surface area contributed by atoms with Crippen LogP contribution in [0.2, 0.25) is 0 Å². The first kappa shape index (κ1) is 14.0. The number of aromatic nitrogens is 2. The lowest BCUT2D eigenvalue weighted by atomic mass is 9.97. The highest BCUT2D eigenvalue weighted by Gasteiger charge is 2.27. The summed E-state index contributed by atoms with van der Waals surface area (Å²) < 4.78 is 13.9. The number of hydrazine groups is 1. The Bertz CT molecular complexity index is 429. The maximum absolute atomic E-state index is 13.9. The second-order valence-corrected chi connectivity index (χ2v) is 4.94. The molecule has 1 aromatic rings. The van der Waals surface area contributed by atoms with Gasteiger partial charge in [-0.2, -0.15) is 4.98 Å². The van der Waals surface area contributed by atoms with Crippen molar-refractivity contribution in [2.24, 2.45) is 5.84 Å². The van der Waals surface area contributed by atoms with Crippen molar-refractivity contribution in [2.75, 3.05) is 16.9 Å². The van der Waals surface area contributed by atoms with Crippen LogP contribution in [0, 0.1) is 5.82 Å². The van der Waals surface area contributed by atoms with E-state index in [1.807, 2.05) is 4.90 Å². The summed E-state index contributed by atoms with van der Waals surface area (Å²) in [6, 6.07) is 0.101. The molecule has 4 N–H and O–H groups in total. The van der Waals surface area contributed by atoms with Crippen LogP contribution in [0.15, 0.2) is 6.20 Å². The van der Waals surface area contributed by atoms with Crippen LogP contribution in [0.3, 0.4) is 0 Å². The molecule has 1 aromatic heterocycles. The third kappa shape index (κ3) is 3.30. The van der Waals surface area contributed by atoms with Crippen LogP contribution < -0.4 is 16.2 Å². The van der Waals surface area contributed by atoms with Crippen molar-refractivity contribution in [2.45, 2.75) is 44.8 Å². The van der Waals surface area contributed by atoms with Crippen molar-refractivity contribution < 1.29 is 9.50 Å². The zero-order valence-corrected chi connectivity index (χ0v) is 11.0. The number of nitrogens with zero attached hydrogens (tertiary/aromatic N) is 3. The SMILES string of the molecule is CC(O)CC1CCCCN1c1nc(NN)ncc1F. The summed E-state index contributed by atoms with van der Waals surface area (Å²) in [5.74, 6) is 5.25. The predicted octanol–water partition coefficient (Wildman–Crippen LogP) is 1.03. The number of piperidine rings is 1. The molecule has 2 unspecified atom stereocenters. The van der Waals surface area contributed by atoms with E-state index < -0.39 is 11.9 Å². The van der Waals surface area contributed by atoms with Gasteiger partial charge in [-0.3, -0.25) is 5.43 Å². The Labute approximate surface area is 111 Å². The number of rotatable bonds is 4. The summed E-state index contributed by atoms with van der Waals surface area (Å²) >= 11 is 0. The normalized spacial score (nSPS) is 21.3. The van der Waals surface area contributed by atoms with Gasteiger partial charge in [-0.25, -0.2) is 15.2 Å². The second-order valence-electron chi connectivity index (χ2n) is 4.94. The molecule has 1 aliphatic rings. The van der Waals surface area contributed by atoms with Gasteiger partial charge in [0.05, 0.1) is 12.3 Å². The van der Waals surface area contributed by atoms with E-state index in [1.165, 1.54) is 0 Å². The number of aliphatic hydroxyl groups excluding tert-OH is 1. The van der Waals surface area contributed by atoms with E-state index in [0.717, 1.165) is 32.0 Å². The summed E-state index contributed by atoms with van der Waals surface area (Å²) in [7, 11) is 0. The minimum absolute atomic E-state index is 0.101. The van der Waals surface area contributed by atoms with Crippen LogP contribution in [0.1, 0.15) is 32.6 Å². The first-order valence-electron chi connectivity index (χ1n) is 6.55. The Morgan fingerprint density at radius 2 is 2.42 bits per heavy atom. The Kier molecular flexibility index (Phi) is 4.49. The standard InChI is InChI=1S/C12H20FN5O/c1-8(19)6-9-4-2-3-5-18(9)11-10(13)7-15-12(16-11)17-14/h7-9,19H,2-6,14H2,1H3,(H,15,16,17). The first-order chi connectivity index (χ1) is 9.11. The van der Waals surface area contributed by atoms with Crippen LogP contribution in [-0.2, 0) is 0 Å². The second kappa shape index (κ2) is 6.12. The largest absolute Gasteiger partial charge is 0.393 e. The van der Waals surface area contributed by atoms with Gasteiger partial charge in [0.25, 0.3) is 0 Å². The molecule has 2 atom stereocenters. The third-order valence-electron chi connectivity index (χ3n) is 3.37. The van der Waals surface area contributed by atoms with E-state index in [9.17, 15) is 9.50 Å². The minimum Gasteiger partial charge on any atom is -0.393 e. The number of hydrogen-bond acceptors (Lipinski definition) is 6. The molecule has 0 bridgehead atoms. The third-order valence-corrected chi connectivity index (χ3v) is 3.37. The molecule has 1 aliphatic heterocycles. The van der Waals surface area contributed by atoms with Gasteiger partial charge in [0.15, 0.2) is 11.6 Å². The van der Waals surface area contributed by atoms with E-state index in [2.05, 4.69) is 15.4 Å². The summed E-state index contributed by atoms with van der Waals surface area (Å²) in [6.07, 6.45) is 4.32. The number of nitrogens with two attached hydrogens (primary N) is 1. The summed E-state index contributed by atoms with van der Waals surface area (Å²) in [5.41, 5.74) is 2.32. The van der Waals surface area contributed by atoms with Crippen LogP contribution in [0.25, 0.3) is 0 Å². The quantitative estimate of drug-likeness (QED) is 0.559. The summed E-state index contributed by atoms with van der Waals surface area (Å²) in [6.45, 7) is 2.48. The number of hydrogen-bond donors (Lipinski definition) is 3. The Morgan fingerprint density at radius 3 is 3.11 bits per heavy atom. The number of nitrogens with one attached hydrogen (secondary N) is 1. The highest BCUT2D eigenvalue weighted by atomic mass is 19.1. The molecule has 0 aliphatic carbocycles. The van der Waals surface area contributed by atoms with Gasteiger partial charge in [0, 0.05) is 12.6 Å². The predicted molar refractivity (Wildman–Crippen MR) is 71.1 cm³/mol. The van der Waals surface area contributed by atoms with Gasteiger partial charge in [-0.05, 0) is 32.6 Å². The van der Waals surface area contributed by atoms with E-state index in [4.69, 9.17) is 5.84 Å². The van der Waals surface area contributed by atoms with Crippen molar-refractivity contribution in [3.8, 4) is 0 Å². The van der Waals surface area contributed by atoms with Crippen LogP contribution in [-0.4, -0.2) is 33.8 Å². The maximum atomic E-state index is 13.9. The molecule has 0 radical (unpaired) electrons. The van der Waals surface area contributed by atoms with Gasteiger partial charge in [0.1, 0.15) is 0 Å². The van der Waals surface area contributed by atoms with Crippen molar-refractivity contribution in [3.63, 3.8) is 0 Å². The van der Waals surface area contributed by atoms with Crippen molar-refractivity contribution in [1.82, 2.24) is 9.97 Å². The number of halogens is 1. The number of nitrogen functional groups attached to an aromatic ring is 1. The lowest BCUT2D eigenvalue weighted by Crippen LogP contribution is -2.42. The fourth-order valence-corrected chi connectivity index (χ4v) is 2.55. The molecular weight excluding hydrogens is 249 g/mol. The monoisotopic (exact) mass is 269 g/mol. The minimum atomic E-state index is -0.462. The summed E-state index contributed by atoms with van der Waals surface area (Å²) in [4.78, 5) is 9.74. The fourth-order valence-electron chi connectivity index (χ4n) is 2.55. The van der Waals surface area contributed by atoms with Crippen LogP contribution >= 0.6 is 0 Å². The van der Waals surface area contributed by atoms with Crippen molar-refractivity contribution in [1.29, 1.82) is 0 Å². The van der Waals surface area contributed by atoms with Gasteiger partial charge >= 0.3 is 0 Å². The molecular formula is C12H20FN5O. The molecule has 2 rings (SSSR count). The maximum Gasteiger partial charge on any atom is 0.239 e. The molecule has 1 fully saturated rings. The molecule has 2 heterocycles. The molecule has 0 saturated carbocycles. The lowest BCUT2D eigenvalue weighted by molar-refractivity contribution is 0.167. The zero-order chi connectivity index (χ0) is 13.8. The number of aliphatic hydroxyl groups is 1. The average Bonchev–Trinajstić information content (AvgIpc) is 2.40. The molecule has 106 valence electrons. The van der Waals surface area contributed by atoms with E-state index >= 15 is 0 Å². The molecule has 0 amide bonds. The molecule has 6 nitrogen and oxygen atoms in total. The average molecular weight is 269 g/mol. The Morgan fingerprint density at radius 1 is 1.63 bits per heavy atom. The first-order valence-corrected chi connectivity index (χ1v) is 6.55. The smallest absolute Gasteiger partial charge is 0.239 e. The van der Waals surface area contributed by atoms with Gasteiger partial charge in [0.2, 0.25) is 5.95 Å². The number of anilines is 2. The van der Waals surface area contributed by atoms with Gasteiger partial charge in [-0.1, -0.05) is 0 Å². The molecule has 0 spiro atoms. The lowest BCUT2D eigenvalue weighted by Gasteiger charge is -2.37. The van der Waals surface area contributed by atoms with Gasteiger partial charge in [-0.15, -0.1) is 0 Å². The molecule has 0 aromatic carbocycles.